The van der Waals surface area contributed by atoms with Gasteiger partial charge in [-0.1, -0.05) is 22.9 Å². The van der Waals surface area contributed by atoms with Crippen molar-refractivity contribution in [2.75, 3.05) is 13.1 Å². The summed E-state index contributed by atoms with van der Waals surface area (Å²) in [6, 6.07) is 0. The molecule has 0 bridgehead atoms. The molecule has 3 nitrogen and oxygen atoms in total. The van der Waals surface area contributed by atoms with Gasteiger partial charge in [0.2, 0.25) is 5.91 Å². The predicted octanol–water partition coefficient (Wildman–Crippen LogP) is 0.235. The number of nitrogens with two attached hydrogens (primary N) is 1. The Hall–Kier alpha value is -0.0900. The van der Waals surface area contributed by atoms with E-state index in [0.717, 1.165) is 6.42 Å². The van der Waals surface area contributed by atoms with Crippen molar-refractivity contribution in [3.63, 3.8) is 0 Å². The molecule has 0 aliphatic heterocycles. The minimum absolute atomic E-state index is 0.0213. The zero-order valence-electron chi connectivity index (χ0n) is 6.06. The van der Waals surface area contributed by atoms with Gasteiger partial charge in [-0.05, 0) is 6.42 Å². The fourth-order valence-electron chi connectivity index (χ4n) is 0.492. The van der Waals surface area contributed by atoms with Gasteiger partial charge in [0.15, 0.2) is 0 Å². The summed E-state index contributed by atoms with van der Waals surface area (Å²) in [5, 5.41) is 2.67. The standard InChI is InChI=1S/C6H13BrN2O/c1-2-5(7)6(10)9-4-3-8/h5H,2-4,8H2,1H3,(H,9,10). The number of hydrogen-bond acceptors (Lipinski definition) is 2. The van der Waals surface area contributed by atoms with E-state index in [2.05, 4.69) is 21.2 Å². The number of amides is 1. The first kappa shape index (κ1) is 9.91. The van der Waals surface area contributed by atoms with Crippen molar-refractivity contribution >= 4 is 21.8 Å². The maximum absolute atomic E-state index is 10.9. The highest BCUT2D eigenvalue weighted by Gasteiger charge is 2.09. The zero-order chi connectivity index (χ0) is 7.98. The van der Waals surface area contributed by atoms with Crippen LogP contribution in [0.25, 0.3) is 0 Å². The van der Waals surface area contributed by atoms with Crippen molar-refractivity contribution in [3.8, 4) is 0 Å². The van der Waals surface area contributed by atoms with Crippen molar-refractivity contribution in [2.45, 2.75) is 18.2 Å². The van der Waals surface area contributed by atoms with Crippen molar-refractivity contribution in [3.05, 3.63) is 0 Å². The third-order valence-corrected chi connectivity index (χ3v) is 2.15. The quantitative estimate of drug-likeness (QED) is 0.651. The average Bonchev–Trinajstić information content (AvgIpc) is 1.98. The lowest BCUT2D eigenvalue weighted by molar-refractivity contribution is -0.120. The Labute approximate surface area is 69.5 Å². The van der Waals surface area contributed by atoms with E-state index in [-0.39, 0.29) is 10.7 Å². The zero-order valence-corrected chi connectivity index (χ0v) is 7.65. The molecule has 3 N–H and O–H groups in total. The van der Waals surface area contributed by atoms with Crippen LogP contribution in [-0.4, -0.2) is 23.8 Å². The summed E-state index contributed by atoms with van der Waals surface area (Å²) in [6.07, 6.45) is 0.802. The van der Waals surface area contributed by atoms with Crippen molar-refractivity contribution < 1.29 is 4.79 Å². The van der Waals surface area contributed by atoms with E-state index in [4.69, 9.17) is 5.73 Å². The first-order valence-electron chi connectivity index (χ1n) is 3.34. The molecule has 1 atom stereocenters. The van der Waals surface area contributed by atoms with Gasteiger partial charge < -0.3 is 11.1 Å². The number of nitrogens with one attached hydrogen (secondary N) is 1. The smallest absolute Gasteiger partial charge is 0.233 e. The lowest BCUT2D eigenvalue weighted by atomic mass is 10.3. The van der Waals surface area contributed by atoms with E-state index in [9.17, 15) is 4.79 Å². The third kappa shape index (κ3) is 3.85. The van der Waals surface area contributed by atoms with Crippen LogP contribution in [0, 0.1) is 0 Å². The number of rotatable bonds is 4. The van der Waals surface area contributed by atoms with Crippen LogP contribution in [0.5, 0.6) is 0 Å². The minimum atomic E-state index is -0.0703. The van der Waals surface area contributed by atoms with E-state index in [1.807, 2.05) is 6.92 Å². The molecule has 1 unspecified atom stereocenters. The molecule has 1 amide bonds. The van der Waals surface area contributed by atoms with Gasteiger partial charge in [-0.25, -0.2) is 0 Å². The van der Waals surface area contributed by atoms with Crippen LogP contribution in [0.15, 0.2) is 0 Å². The van der Waals surface area contributed by atoms with Crippen LogP contribution in [0.4, 0.5) is 0 Å². The van der Waals surface area contributed by atoms with Crippen molar-refractivity contribution in [2.24, 2.45) is 5.73 Å². The monoisotopic (exact) mass is 208 g/mol. The first-order chi connectivity index (χ1) is 4.72. The summed E-state index contributed by atoms with van der Waals surface area (Å²) in [5.74, 6) is 0.0213. The van der Waals surface area contributed by atoms with Crippen LogP contribution in [0.3, 0.4) is 0 Å². The lowest BCUT2D eigenvalue weighted by Crippen LogP contribution is -2.34. The van der Waals surface area contributed by atoms with Crippen LogP contribution >= 0.6 is 15.9 Å². The molecule has 0 radical (unpaired) electrons. The Morgan fingerprint density at radius 1 is 1.80 bits per heavy atom. The summed E-state index contributed by atoms with van der Waals surface area (Å²) in [6.45, 7) is 3.00. The van der Waals surface area contributed by atoms with E-state index in [0.29, 0.717) is 13.1 Å². The number of halogens is 1. The van der Waals surface area contributed by atoms with Gasteiger partial charge in [0.25, 0.3) is 0 Å². The Morgan fingerprint density at radius 2 is 2.40 bits per heavy atom. The van der Waals surface area contributed by atoms with Crippen LogP contribution in [0.1, 0.15) is 13.3 Å². The molecule has 0 saturated carbocycles. The summed E-state index contributed by atoms with van der Waals surface area (Å²) in [7, 11) is 0. The predicted molar refractivity (Wildman–Crippen MR) is 45.1 cm³/mol. The second-order valence-electron chi connectivity index (χ2n) is 1.96. The fourth-order valence-corrected chi connectivity index (χ4v) is 0.653. The Bertz CT molecular complexity index is 108. The maximum Gasteiger partial charge on any atom is 0.233 e. The molecule has 0 fully saturated rings. The van der Waals surface area contributed by atoms with Gasteiger partial charge in [-0.2, -0.15) is 0 Å². The molecule has 0 spiro atoms. The van der Waals surface area contributed by atoms with Gasteiger partial charge in [0.1, 0.15) is 0 Å². The fraction of sp³-hybridized carbons (Fsp3) is 0.833. The molecule has 0 saturated heterocycles. The molecule has 0 aromatic carbocycles. The van der Waals surface area contributed by atoms with Gasteiger partial charge in [0.05, 0.1) is 4.83 Å². The van der Waals surface area contributed by atoms with Crippen molar-refractivity contribution in [1.29, 1.82) is 0 Å². The second-order valence-corrected chi connectivity index (χ2v) is 3.06. The number of carbonyl (C=O) groups excluding carboxylic acids is 1. The van der Waals surface area contributed by atoms with Gasteiger partial charge in [0, 0.05) is 13.1 Å². The van der Waals surface area contributed by atoms with Crippen LogP contribution in [-0.2, 0) is 4.79 Å². The van der Waals surface area contributed by atoms with Gasteiger partial charge in [-0.15, -0.1) is 0 Å². The highest BCUT2D eigenvalue weighted by Crippen LogP contribution is 2.02. The highest BCUT2D eigenvalue weighted by molar-refractivity contribution is 9.10. The molecular weight excluding hydrogens is 196 g/mol. The van der Waals surface area contributed by atoms with E-state index >= 15 is 0 Å². The summed E-state index contributed by atoms with van der Waals surface area (Å²) in [5.41, 5.74) is 5.19. The molecule has 0 heterocycles. The molecule has 0 aliphatic carbocycles. The number of hydrogen-bond donors (Lipinski definition) is 2. The normalized spacial score (nSPS) is 12.7. The Kier molecular flexibility index (Phi) is 5.63. The molecule has 60 valence electrons. The maximum atomic E-state index is 10.9. The molecule has 0 aromatic rings. The van der Waals surface area contributed by atoms with E-state index < -0.39 is 0 Å². The second kappa shape index (κ2) is 5.68. The average molecular weight is 209 g/mol. The molecule has 0 aromatic heterocycles. The largest absolute Gasteiger partial charge is 0.354 e. The van der Waals surface area contributed by atoms with Gasteiger partial charge >= 0.3 is 0 Å². The van der Waals surface area contributed by atoms with Crippen LogP contribution in [0.2, 0.25) is 0 Å². The van der Waals surface area contributed by atoms with Crippen molar-refractivity contribution in [1.82, 2.24) is 5.32 Å². The molecule has 0 rings (SSSR count). The number of carbonyl (C=O) groups is 1. The Balaban J connectivity index is 3.42. The van der Waals surface area contributed by atoms with Gasteiger partial charge in [-0.3, -0.25) is 4.79 Å². The first-order valence-corrected chi connectivity index (χ1v) is 4.25. The SMILES string of the molecule is CCC(Br)C(=O)NCCN. The van der Waals surface area contributed by atoms with E-state index in [1.54, 1.807) is 0 Å². The van der Waals surface area contributed by atoms with Crippen LogP contribution < -0.4 is 11.1 Å². The molecular formula is C6H13BrN2O. The topological polar surface area (TPSA) is 55.1 Å². The minimum Gasteiger partial charge on any atom is -0.354 e. The lowest BCUT2D eigenvalue weighted by Gasteiger charge is -2.06. The highest BCUT2D eigenvalue weighted by atomic mass is 79.9. The summed E-state index contributed by atoms with van der Waals surface area (Å²) in [4.78, 5) is 10.8. The number of alkyl halides is 1. The third-order valence-electron chi connectivity index (χ3n) is 1.09. The molecule has 0 aliphatic rings. The molecule has 4 heteroatoms. The summed E-state index contributed by atoms with van der Waals surface area (Å²) < 4.78 is 0. The summed E-state index contributed by atoms with van der Waals surface area (Å²) >= 11 is 3.22. The Morgan fingerprint density at radius 3 is 2.80 bits per heavy atom. The van der Waals surface area contributed by atoms with E-state index in [1.165, 1.54) is 0 Å². The molecule has 10 heavy (non-hydrogen) atoms.